The molecule has 1 amide bonds. The molecule has 0 aromatic carbocycles. The number of hydrogen-bond acceptors (Lipinski definition) is 3. The van der Waals surface area contributed by atoms with Crippen LogP contribution < -0.4 is 10.7 Å². The Morgan fingerprint density at radius 2 is 2.13 bits per heavy atom. The molecule has 1 rings (SSSR count). The number of carbonyl (C=O) groups is 1. The van der Waals surface area contributed by atoms with Gasteiger partial charge in [-0.3, -0.25) is 9.59 Å². The van der Waals surface area contributed by atoms with Crippen LogP contribution in [-0.2, 0) is 11.3 Å². The lowest BCUT2D eigenvalue weighted by Crippen LogP contribution is -2.26. The number of aryl methyl sites for hydroxylation is 1. The van der Waals surface area contributed by atoms with E-state index in [1.807, 2.05) is 0 Å². The summed E-state index contributed by atoms with van der Waals surface area (Å²) in [6.07, 6.45) is 0. The Labute approximate surface area is 87.3 Å². The Morgan fingerprint density at radius 3 is 2.67 bits per heavy atom. The number of nitrogens with one attached hydrogen (secondary N) is 1. The fourth-order valence-electron chi connectivity index (χ4n) is 1.34. The lowest BCUT2D eigenvalue weighted by molar-refractivity contribution is -0.119. The van der Waals surface area contributed by atoms with Gasteiger partial charge in [-0.15, -0.1) is 0 Å². The standard InChI is InChI=1S/C10H14N2O3/c1-6-4-10(14)9(5-11-8(3)13)7(2)12(6)15/h4,15H,5H2,1-3H3,(H,11,13). The van der Waals surface area contributed by atoms with Crippen molar-refractivity contribution in [2.45, 2.75) is 27.3 Å². The third-order valence-electron chi connectivity index (χ3n) is 2.24. The minimum absolute atomic E-state index is 0.140. The summed E-state index contributed by atoms with van der Waals surface area (Å²) in [5.41, 5.74) is 1.15. The number of rotatable bonds is 2. The van der Waals surface area contributed by atoms with Crippen LogP contribution >= 0.6 is 0 Å². The third kappa shape index (κ3) is 2.37. The van der Waals surface area contributed by atoms with E-state index in [2.05, 4.69) is 5.32 Å². The van der Waals surface area contributed by atoms with E-state index in [0.717, 1.165) is 4.73 Å². The Hall–Kier alpha value is -1.78. The van der Waals surface area contributed by atoms with Gasteiger partial charge >= 0.3 is 0 Å². The Balaban J connectivity index is 3.13. The summed E-state index contributed by atoms with van der Waals surface area (Å²) in [6.45, 7) is 4.78. The van der Waals surface area contributed by atoms with Gasteiger partial charge < -0.3 is 10.5 Å². The molecule has 2 N–H and O–H groups in total. The maximum absolute atomic E-state index is 11.5. The molecule has 0 aliphatic carbocycles. The first-order valence-electron chi connectivity index (χ1n) is 4.59. The summed E-state index contributed by atoms with van der Waals surface area (Å²) in [5, 5.41) is 12.1. The SMILES string of the molecule is CC(=O)NCc1c(C)n(O)c(C)cc1=O. The van der Waals surface area contributed by atoms with Crippen molar-refractivity contribution in [1.29, 1.82) is 0 Å². The first-order valence-corrected chi connectivity index (χ1v) is 4.59. The number of amides is 1. The first kappa shape index (κ1) is 11.3. The molecule has 15 heavy (non-hydrogen) atoms. The van der Waals surface area contributed by atoms with Crippen LogP contribution in [0.1, 0.15) is 23.9 Å². The van der Waals surface area contributed by atoms with Gasteiger partial charge in [0.05, 0.1) is 11.4 Å². The first-order chi connectivity index (χ1) is 6.93. The second-order valence-corrected chi connectivity index (χ2v) is 3.44. The van der Waals surface area contributed by atoms with Crippen LogP contribution in [0.3, 0.4) is 0 Å². The van der Waals surface area contributed by atoms with Crippen molar-refractivity contribution < 1.29 is 10.0 Å². The van der Waals surface area contributed by atoms with Crippen molar-refractivity contribution in [3.8, 4) is 0 Å². The molecule has 1 aromatic rings. The van der Waals surface area contributed by atoms with Crippen LogP contribution in [0.4, 0.5) is 0 Å². The van der Waals surface area contributed by atoms with E-state index in [1.165, 1.54) is 13.0 Å². The summed E-state index contributed by atoms with van der Waals surface area (Å²) < 4.78 is 0.943. The fraction of sp³-hybridized carbons (Fsp3) is 0.400. The van der Waals surface area contributed by atoms with Crippen LogP contribution in [0.5, 0.6) is 0 Å². The van der Waals surface area contributed by atoms with E-state index in [0.29, 0.717) is 17.0 Å². The maximum Gasteiger partial charge on any atom is 0.217 e. The summed E-state index contributed by atoms with van der Waals surface area (Å²) in [6, 6.07) is 1.34. The van der Waals surface area contributed by atoms with Crippen molar-refractivity contribution >= 4 is 5.91 Å². The molecule has 82 valence electrons. The summed E-state index contributed by atoms with van der Waals surface area (Å²) >= 11 is 0. The second-order valence-electron chi connectivity index (χ2n) is 3.44. The molecule has 5 nitrogen and oxygen atoms in total. The number of carbonyl (C=O) groups excluding carboxylic acids is 1. The molecule has 1 heterocycles. The molecule has 0 radical (unpaired) electrons. The Morgan fingerprint density at radius 1 is 1.53 bits per heavy atom. The van der Waals surface area contributed by atoms with Gasteiger partial charge in [-0.05, 0) is 13.8 Å². The highest BCUT2D eigenvalue weighted by Crippen LogP contribution is 2.04. The summed E-state index contributed by atoms with van der Waals surface area (Å²) in [4.78, 5) is 22.3. The molecule has 0 unspecified atom stereocenters. The smallest absolute Gasteiger partial charge is 0.217 e. The molecule has 0 aliphatic heterocycles. The van der Waals surface area contributed by atoms with Gasteiger partial charge in [0, 0.05) is 25.1 Å². The maximum atomic E-state index is 11.5. The van der Waals surface area contributed by atoms with E-state index in [-0.39, 0.29) is 17.9 Å². The summed E-state index contributed by atoms with van der Waals surface area (Å²) in [7, 11) is 0. The van der Waals surface area contributed by atoms with Crippen LogP contribution in [0.25, 0.3) is 0 Å². The lowest BCUT2D eigenvalue weighted by atomic mass is 10.1. The number of pyridine rings is 1. The normalized spacial score (nSPS) is 10.1. The van der Waals surface area contributed by atoms with Gasteiger partial charge in [-0.1, -0.05) is 0 Å². The van der Waals surface area contributed by atoms with Gasteiger partial charge in [-0.25, -0.2) is 0 Å². The predicted octanol–water partition coefficient (Wildman–Crippen LogP) is 0.339. The van der Waals surface area contributed by atoms with Crippen molar-refractivity contribution in [3.05, 3.63) is 33.2 Å². The van der Waals surface area contributed by atoms with E-state index in [1.54, 1.807) is 13.8 Å². The van der Waals surface area contributed by atoms with Crippen molar-refractivity contribution in [1.82, 2.24) is 10.0 Å². The third-order valence-corrected chi connectivity index (χ3v) is 2.24. The lowest BCUT2D eigenvalue weighted by Gasteiger charge is -2.11. The van der Waals surface area contributed by atoms with E-state index in [4.69, 9.17) is 0 Å². The second kappa shape index (κ2) is 4.16. The molecular formula is C10H14N2O3. The fourth-order valence-corrected chi connectivity index (χ4v) is 1.34. The van der Waals surface area contributed by atoms with Crippen molar-refractivity contribution in [2.24, 2.45) is 0 Å². The largest absolute Gasteiger partial charge is 0.428 e. The molecule has 0 bridgehead atoms. The molecular weight excluding hydrogens is 196 g/mol. The van der Waals surface area contributed by atoms with E-state index >= 15 is 0 Å². The average Bonchev–Trinajstić information content (AvgIpc) is 2.14. The Kier molecular flexibility index (Phi) is 3.14. The minimum atomic E-state index is -0.209. The van der Waals surface area contributed by atoms with Gasteiger partial charge in [-0.2, -0.15) is 4.73 Å². The zero-order valence-corrected chi connectivity index (χ0v) is 9.00. The zero-order valence-electron chi connectivity index (χ0n) is 9.00. The molecule has 0 spiro atoms. The van der Waals surface area contributed by atoms with E-state index in [9.17, 15) is 14.8 Å². The van der Waals surface area contributed by atoms with Gasteiger partial charge in [0.15, 0.2) is 5.43 Å². The quantitative estimate of drug-likeness (QED) is 0.691. The molecule has 1 aromatic heterocycles. The van der Waals surface area contributed by atoms with Crippen LogP contribution in [0.15, 0.2) is 10.9 Å². The van der Waals surface area contributed by atoms with Gasteiger partial charge in [0.1, 0.15) is 0 Å². The van der Waals surface area contributed by atoms with Crippen LogP contribution in [0, 0.1) is 13.8 Å². The van der Waals surface area contributed by atoms with Crippen molar-refractivity contribution in [3.63, 3.8) is 0 Å². The van der Waals surface area contributed by atoms with Gasteiger partial charge in [0.25, 0.3) is 0 Å². The van der Waals surface area contributed by atoms with Crippen LogP contribution in [0.2, 0.25) is 0 Å². The zero-order chi connectivity index (χ0) is 11.6. The summed E-state index contributed by atoms with van der Waals surface area (Å²) in [5.74, 6) is -0.209. The molecule has 0 saturated heterocycles. The number of hydrogen-bond donors (Lipinski definition) is 2. The number of nitrogens with zero attached hydrogens (tertiary/aromatic N) is 1. The van der Waals surface area contributed by atoms with E-state index < -0.39 is 0 Å². The number of aromatic nitrogens is 1. The molecule has 0 fully saturated rings. The topological polar surface area (TPSA) is 71.3 Å². The average molecular weight is 210 g/mol. The molecule has 0 aliphatic rings. The van der Waals surface area contributed by atoms with Crippen LogP contribution in [-0.4, -0.2) is 15.8 Å². The molecule has 0 atom stereocenters. The highest BCUT2D eigenvalue weighted by atomic mass is 16.5. The Bertz CT molecular complexity index is 449. The van der Waals surface area contributed by atoms with Gasteiger partial charge in [0.2, 0.25) is 5.91 Å². The monoisotopic (exact) mass is 210 g/mol. The highest BCUT2D eigenvalue weighted by molar-refractivity contribution is 5.72. The minimum Gasteiger partial charge on any atom is -0.428 e. The highest BCUT2D eigenvalue weighted by Gasteiger charge is 2.09. The molecule has 0 saturated carbocycles. The van der Waals surface area contributed by atoms with Crippen molar-refractivity contribution in [2.75, 3.05) is 0 Å². The molecule has 5 heteroatoms. The predicted molar refractivity (Wildman–Crippen MR) is 54.9 cm³/mol.